The number of benzene rings is 1. The van der Waals surface area contributed by atoms with Crippen molar-refractivity contribution in [3.63, 3.8) is 0 Å². The number of H-pyrrole nitrogens is 1. The van der Waals surface area contributed by atoms with Crippen LogP contribution in [0.5, 0.6) is 0 Å². The van der Waals surface area contributed by atoms with E-state index < -0.39 is 47.9 Å². The number of nitrogens with zero attached hydrogens (tertiary/aromatic N) is 1. The molecular formula is C23H32N6O5S. The van der Waals surface area contributed by atoms with Crippen LogP contribution in [0.1, 0.15) is 24.6 Å². The van der Waals surface area contributed by atoms with Gasteiger partial charge in [0.25, 0.3) is 0 Å². The minimum atomic E-state index is -1.18. The Kier molecular flexibility index (Phi) is 11.2. The Morgan fingerprint density at radius 1 is 1.03 bits per heavy atom. The number of rotatable bonds is 14. The highest BCUT2D eigenvalue weighted by Crippen LogP contribution is 2.06. The lowest BCUT2D eigenvalue weighted by Crippen LogP contribution is -2.56. The lowest BCUT2D eigenvalue weighted by molar-refractivity contribution is -0.142. The molecule has 190 valence electrons. The van der Waals surface area contributed by atoms with Gasteiger partial charge in [0.15, 0.2) is 0 Å². The number of carboxylic acid groups (broad SMARTS) is 1. The Morgan fingerprint density at radius 3 is 2.31 bits per heavy atom. The third kappa shape index (κ3) is 9.41. The molecule has 3 amide bonds. The van der Waals surface area contributed by atoms with Crippen LogP contribution in [-0.4, -0.2) is 74.9 Å². The molecule has 0 aliphatic heterocycles. The van der Waals surface area contributed by atoms with Gasteiger partial charge in [-0.1, -0.05) is 30.3 Å². The Bertz CT molecular complexity index is 972. The average molecular weight is 505 g/mol. The Hall–Kier alpha value is -3.38. The summed E-state index contributed by atoms with van der Waals surface area (Å²) < 4.78 is 0. The number of hydrogen-bond acceptors (Lipinski definition) is 7. The number of aromatic amines is 1. The number of amides is 3. The summed E-state index contributed by atoms with van der Waals surface area (Å²) in [6.07, 6.45) is 5.57. The van der Waals surface area contributed by atoms with Crippen molar-refractivity contribution in [3.8, 4) is 0 Å². The highest BCUT2D eigenvalue weighted by molar-refractivity contribution is 7.98. The molecule has 4 unspecified atom stereocenters. The number of carboxylic acids is 1. The molecule has 1 heterocycles. The molecule has 0 fully saturated rings. The number of thioether (sulfide) groups is 1. The van der Waals surface area contributed by atoms with Crippen molar-refractivity contribution in [1.29, 1.82) is 0 Å². The molecular weight excluding hydrogens is 472 g/mol. The second-order valence-electron chi connectivity index (χ2n) is 8.05. The molecule has 2 rings (SSSR count). The van der Waals surface area contributed by atoms with E-state index in [4.69, 9.17) is 5.73 Å². The van der Waals surface area contributed by atoms with Gasteiger partial charge in [-0.2, -0.15) is 11.8 Å². The lowest BCUT2D eigenvalue weighted by Gasteiger charge is -2.23. The predicted molar refractivity (Wildman–Crippen MR) is 133 cm³/mol. The van der Waals surface area contributed by atoms with Crippen molar-refractivity contribution in [3.05, 3.63) is 54.1 Å². The second kappa shape index (κ2) is 14.1. The fourth-order valence-corrected chi connectivity index (χ4v) is 3.71. The molecule has 4 atom stereocenters. The van der Waals surface area contributed by atoms with E-state index >= 15 is 0 Å². The molecule has 0 aliphatic rings. The van der Waals surface area contributed by atoms with E-state index in [1.165, 1.54) is 25.0 Å². The van der Waals surface area contributed by atoms with Gasteiger partial charge in [-0.15, -0.1) is 0 Å². The zero-order valence-corrected chi connectivity index (χ0v) is 20.5. The zero-order chi connectivity index (χ0) is 25.8. The van der Waals surface area contributed by atoms with Crippen LogP contribution in [0.25, 0.3) is 0 Å². The Labute approximate surface area is 208 Å². The van der Waals surface area contributed by atoms with E-state index in [-0.39, 0.29) is 12.8 Å². The van der Waals surface area contributed by atoms with Gasteiger partial charge in [0.2, 0.25) is 17.7 Å². The molecule has 0 bridgehead atoms. The van der Waals surface area contributed by atoms with Crippen molar-refractivity contribution in [2.75, 3.05) is 12.0 Å². The first-order chi connectivity index (χ1) is 16.7. The Balaban J connectivity index is 1.95. The smallest absolute Gasteiger partial charge is 0.326 e. The summed E-state index contributed by atoms with van der Waals surface area (Å²) in [6, 6.07) is 4.93. The van der Waals surface area contributed by atoms with Gasteiger partial charge in [-0.25, -0.2) is 9.78 Å². The number of imidazole rings is 1. The number of nitrogens with one attached hydrogen (secondary N) is 4. The molecule has 0 radical (unpaired) electrons. The maximum absolute atomic E-state index is 12.9. The molecule has 7 N–H and O–H groups in total. The van der Waals surface area contributed by atoms with E-state index in [9.17, 15) is 24.3 Å². The molecule has 0 spiro atoms. The third-order valence-corrected chi connectivity index (χ3v) is 5.87. The van der Waals surface area contributed by atoms with Crippen molar-refractivity contribution in [2.45, 2.75) is 50.4 Å². The summed E-state index contributed by atoms with van der Waals surface area (Å²) in [5, 5.41) is 17.2. The molecule has 1 aromatic heterocycles. The first-order valence-corrected chi connectivity index (χ1v) is 12.5. The molecule has 0 aliphatic carbocycles. The topological polar surface area (TPSA) is 179 Å². The Morgan fingerprint density at radius 2 is 1.71 bits per heavy atom. The highest BCUT2D eigenvalue weighted by atomic mass is 32.2. The monoisotopic (exact) mass is 504 g/mol. The lowest BCUT2D eigenvalue weighted by atomic mass is 10.1. The number of aliphatic carboxylic acids is 1. The van der Waals surface area contributed by atoms with Gasteiger partial charge < -0.3 is 31.8 Å². The molecule has 0 saturated carbocycles. The van der Waals surface area contributed by atoms with E-state index in [2.05, 4.69) is 25.9 Å². The van der Waals surface area contributed by atoms with Gasteiger partial charge in [0.05, 0.1) is 12.4 Å². The molecule has 1 aromatic carbocycles. The second-order valence-corrected chi connectivity index (χ2v) is 9.04. The zero-order valence-electron chi connectivity index (χ0n) is 19.7. The average Bonchev–Trinajstić information content (AvgIpc) is 3.34. The van der Waals surface area contributed by atoms with Crippen LogP contribution >= 0.6 is 11.8 Å². The number of hydrogen-bond donors (Lipinski definition) is 6. The maximum Gasteiger partial charge on any atom is 0.326 e. The molecule has 35 heavy (non-hydrogen) atoms. The number of carbonyl (C=O) groups is 4. The van der Waals surface area contributed by atoms with E-state index in [1.54, 1.807) is 30.5 Å². The first kappa shape index (κ1) is 27.9. The highest BCUT2D eigenvalue weighted by Gasteiger charge is 2.28. The van der Waals surface area contributed by atoms with Crippen LogP contribution in [0, 0.1) is 0 Å². The van der Waals surface area contributed by atoms with Crippen LogP contribution in [-0.2, 0) is 32.0 Å². The van der Waals surface area contributed by atoms with Gasteiger partial charge in [0.1, 0.15) is 18.1 Å². The number of aromatic nitrogens is 2. The summed E-state index contributed by atoms with van der Waals surface area (Å²) in [7, 11) is 0. The van der Waals surface area contributed by atoms with E-state index in [0.29, 0.717) is 17.9 Å². The quantitative estimate of drug-likeness (QED) is 0.205. The SMILES string of the molecule is CSCCC(NC(=O)C(N)Cc1cnc[nH]1)C(=O)NC(C)C(=O)NC(Cc1ccccc1)C(=O)O. The summed E-state index contributed by atoms with van der Waals surface area (Å²) >= 11 is 1.50. The van der Waals surface area contributed by atoms with Gasteiger partial charge in [-0.3, -0.25) is 14.4 Å². The van der Waals surface area contributed by atoms with Crippen molar-refractivity contribution >= 4 is 35.5 Å². The van der Waals surface area contributed by atoms with Crippen molar-refractivity contribution < 1.29 is 24.3 Å². The van der Waals surface area contributed by atoms with Crippen molar-refractivity contribution in [1.82, 2.24) is 25.9 Å². The molecule has 0 saturated heterocycles. The normalized spacial score (nSPS) is 14.3. The van der Waals surface area contributed by atoms with Crippen LogP contribution in [0.15, 0.2) is 42.9 Å². The first-order valence-electron chi connectivity index (χ1n) is 11.1. The minimum absolute atomic E-state index is 0.100. The molecule has 2 aromatic rings. The van der Waals surface area contributed by atoms with E-state index in [0.717, 1.165) is 5.56 Å². The van der Waals surface area contributed by atoms with Crippen LogP contribution in [0.4, 0.5) is 0 Å². The minimum Gasteiger partial charge on any atom is -0.480 e. The standard InChI is InChI=1S/C23H32N6O5S/c1-14(20(30)29-19(23(33)34)10-15-6-4-3-5-7-15)27-22(32)18(8-9-35-2)28-21(31)17(24)11-16-12-25-13-26-16/h3-7,12-14,17-19H,8-11,24H2,1-2H3,(H,25,26)(H,27,32)(H,28,31)(H,29,30)(H,33,34). The van der Waals surface area contributed by atoms with E-state index in [1.807, 2.05) is 12.3 Å². The largest absolute Gasteiger partial charge is 0.480 e. The molecule has 12 heteroatoms. The summed E-state index contributed by atoms with van der Waals surface area (Å²) in [5.41, 5.74) is 7.40. The maximum atomic E-state index is 12.9. The summed E-state index contributed by atoms with van der Waals surface area (Å²) in [5.74, 6) is -2.30. The van der Waals surface area contributed by atoms with Crippen molar-refractivity contribution in [2.24, 2.45) is 5.73 Å². The van der Waals surface area contributed by atoms with Gasteiger partial charge in [0, 0.05) is 24.7 Å². The third-order valence-electron chi connectivity index (χ3n) is 5.22. The number of nitrogens with two attached hydrogens (primary N) is 1. The number of carbonyl (C=O) groups excluding carboxylic acids is 3. The van der Waals surface area contributed by atoms with Crippen LogP contribution < -0.4 is 21.7 Å². The van der Waals surface area contributed by atoms with Crippen LogP contribution in [0.3, 0.4) is 0 Å². The fourth-order valence-electron chi connectivity index (χ4n) is 3.24. The molecule has 11 nitrogen and oxygen atoms in total. The van der Waals surface area contributed by atoms with Crippen LogP contribution in [0.2, 0.25) is 0 Å². The van der Waals surface area contributed by atoms with Gasteiger partial charge >= 0.3 is 5.97 Å². The fraction of sp³-hybridized carbons (Fsp3) is 0.435. The summed E-state index contributed by atoms with van der Waals surface area (Å²) in [6.45, 7) is 1.45. The summed E-state index contributed by atoms with van der Waals surface area (Å²) in [4.78, 5) is 56.4. The van der Waals surface area contributed by atoms with Gasteiger partial charge in [-0.05, 0) is 30.9 Å². The predicted octanol–water partition coefficient (Wildman–Crippen LogP) is -0.166.